The summed E-state index contributed by atoms with van der Waals surface area (Å²) in [5.74, 6) is 0.939. The molecule has 144 valence electrons. The van der Waals surface area contributed by atoms with Crippen LogP contribution in [0.5, 0.6) is 0 Å². The van der Waals surface area contributed by atoms with E-state index in [1.165, 1.54) is 18.5 Å². The molecule has 1 saturated carbocycles. The van der Waals surface area contributed by atoms with Crippen LogP contribution in [-0.2, 0) is 4.74 Å². The summed E-state index contributed by atoms with van der Waals surface area (Å²) < 4.78 is 5.25. The summed E-state index contributed by atoms with van der Waals surface area (Å²) in [6.45, 7) is 6.71. The highest BCUT2D eigenvalue weighted by Crippen LogP contribution is 2.48. The average molecular weight is 379 g/mol. The summed E-state index contributed by atoms with van der Waals surface area (Å²) >= 11 is 6.13. The van der Waals surface area contributed by atoms with Crippen molar-refractivity contribution in [2.45, 2.75) is 38.6 Å². The molecule has 1 unspecified atom stereocenters. The number of hydrogen-bond donors (Lipinski definition) is 2. The van der Waals surface area contributed by atoms with E-state index in [2.05, 4.69) is 28.5 Å². The van der Waals surface area contributed by atoms with Crippen LogP contribution in [0.2, 0.25) is 5.02 Å². The highest BCUT2D eigenvalue weighted by atomic mass is 35.5. The zero-order valence-electron chi connectivity index (χ0n) is 15.9. The Labute approximate surface area is 162 Å². The van der Waals surface area contributed by atoms with Gasteiger partial charge in [-0.1, -0.05) is 17.7 Å². The summed E-state index contributed by atoms with van der Waals surface area (Å²) in [4.78, 5) is 7.26. The predicted octanol–water partition coefficient (Wildman–Crippen LogP) is 3.29. The minimum Gasteiger partial charge on any atom is -0.385 e. The number of anilines is 1. The first kappa shape index (κ1) is 19.3. The van der Waals surface area contributed by atoms with E-state index in [4.69, 9.17) is 21.3 Å². The Morgan fingerprint density at radius 2 is 2.27 bits per heavy atom. The second-order valence-electron chi connectivity index (χ2n) is 7.49. The molecule has 1 atom stereocenters. The molecule has 2 fully saturated rings. The van der Waals surface area contributed by atoms with Crippen molar-refractivity contribution in [2.75, 3.05) is 44.8 Å². The zero-order valence-corrected chi connectivity index (χ0v) is 16.7. The molecule has 3 rings (SSSR count). The van der Waals surface area contributed by atoms with Gasteiger partial charge < -0.3 is 20.3 Å². The van der Waals surface area contributed by atoms with Crippen molar-refractivity contribution in [3.63, 3.8) is 0 Å². The van der Waals surface area contributed by atoms with Crippen LogP contribution >= 0.6 is 11.6 Å². The first-order valence-electron chi connectivity index (χ1n) is 9.68. The van der Waals surface area contributed by atoms with E-state index in [0.717, 1.165) is 56.6 Å². The predicted molar refractivity (Wildman–Crippen MR) is 109 cm³/mol. The lowest BCUT2D eigenvalue weighted by molar-refractivity contribution is 0.174. The van der Waals surface area contributed by atoms with Gasteiger partial charge in [-0.15, -0.1) is 0 Å². The van der Waals surface area contributed by atoms with Crippen LogP contribution in [0, 0.1) is 5.41 Å². The van der Waals surface area contributed by atoms with Gasteiger partial charge in [0.15, 0.2) is 5.96 Å². The Kier molecular flexibility index (Phi) is 6.65. The second kappa shape index (κ2) is 8.96. The van der Waals surface area contributed by atoms with E-state index in [1.807, 2.05) is 18.2 Å². The Morgan fingerprint density at radius 3 is 2.96 bits per heavy atom. The number of ether oxygens (including phenoxy) is 1. The van der Waals surface area contributed by atoms with Crippen LogP contribution in [0.25, 0.3) is 0 Å². The van der Waals surface area contributed by atoms with E-state index < -0.39 is 0 Å². The summed E-state index contributed by atoms with van der Waals surface area (Å²) in [5, 5.41) is 7.81. The monoisotopic (exact) mass is 378 g/mol. The third-order valence-corrected chi connectivity index (χ3v) is 5.65. The molecule has 1 saturated heterocycles. The smallest absolute Gasteiger partial charge is 0.191 e. The molecule has 0 amide bonds. The lowest BCUT2D eigenvalue weighted by Crippen LogP contribution is -2.45. The fraction of sp³-hybridized carbons (Fsp3) is 0.650. The van der Waals surface area contributed by atoms with Crippen molar-refractivity contribution in [2.24, 2.45) is 10.4 Å². The molecule has 0 aromatic heterocycles. The molecule has 1 aromatic rings. The van der Waals surface area contributed by atoms with Crippen LogP contribution in [0.1, 0.15) is 32.6 Å². The maximum Gasteiger partial charge on any atom is 0.191 e. The molecule has 2 N–H and O–H groups in total. The van der Waals surface area contributed by atoms with E-state index in [1.54, 1.807) is 7.11 Å². The van der Waals surface area contributed by atoms with Crippen molar-refractivity contribution in [3.05, 3.63) is 29.3 Å². The Bertz CT molecular complexity index is 618. The van der Waals surface area contributed by atoms with Gasteiger partial charge in [0.05, 0.1) is 0 Å². The third-order valence-electron chi connectivity index (χ3n) is 5.41. The highest BCUT2D eigenvalue weighted by Gasteiger charge is 2.41. The number of aliphatic imine (C=N–C) groups is 1. The van der Waals surface area contributed by atoms with Crippen LogP contribution < -0.4 is 15.5 Å². The van der Waals surface area contributed by atoms with Gasteiger partial charge in [-0.25, -0.2) is 0 Å². The maximum atomic E-state index is 6.13. The van der Waals surface area contributed by atoms with Gasteiger partial charge in [0, 0.05) is 56.6 Å². The normalized spacial score (nSPS) is 21.7. The molecule has 0 spiro atoms. The fourth-order valence-electron chi connectivity index (χ4n) is 3.53. The second-order valence-corrected chi connectivity index (χ2v) is 7.93. The zero-order chi connectivity index (χ0) is 18.4. The van der Waals surface area contributed by atoms with Crippen molar-refractivity contribution < 1.29 is 4.74 Å². The molecule has 1 aliphatic heterocycles. The summed E-state index contributed by atoms with van der Waals surface area (Å²) in [6.07, 6.45) is 4.75. The molecule has 0 bridgehead atoms. The van der Waals surface area contributed by atoms with Gasteiger partial charge in [0.25, 0.3) is 0 Å². The van der Waals surface area contributed by atoms with Gasteiger partial charge in [0.1, 0.15) is 0 Å². The lowest BCUT2D eigenvalue weighted by atomic mass is 10.0. The number of halogens is 1. The molecular formula is C20H31ClN4O. The molecule has 2 aliphatic rings. The van der Waals surface area contributed by atoms with E-state index in [0.29, 0.717) is 11.5 Å². The molecule has 1 aromatic carbocycles. The van der Waals surface area contributed by atoms with Crippen molar-refractivity contribution in [1.29, 1.82) is 0 Å². The first-order chi connectivity index (χ1) is 12.6. The van der Waals surface area contributed by atoms with Crippen LogP contribution in [0.3, 0.4) is 0 Å². The van der Waals surface area contributed by atoms with Crippen LogP contribution in [0.15, 0.2) is 29.3 Å². The van der Waals surface area contributed by atoms with Crippen LogP contribution in [-0.4, -0.2) is 51.9 Å². The molecule has 26 heavy (non-hydrogen) atoms. The standard InChI is InChI=1S/C20H31ClN4O/c1-3-22-19(23-15-20(8-9-20)10-12-26-2)24-17-7-11-25(14-17)18-6-4-5-16(21)13-18/h4-6,13,17H,3,7-12,14-15H2,1-2H3,(H2,22,23,24). The molecule has 6 heteroatoms. The number of nitrogens with one attached hydrogen (secondary N) is 2. The van der Waals surface area contributed by atoms with E-state index in [-0.39, 0.29) is 0 Å². The minimum absolute atomic E-state index is 0.376. The largest absolute Gasteiger partial charge is 0.385 e. The summed E-state index contributed by atoms with van der Waals surface area (Å²) in [5.41, 5.74) is 1.57. The number of methoxy groups -OCH3 is 1. The SMILES string of the molecule is CCNC(=NCC1(CCOC)CC1)NC1CCN(c2cccc(Cl)c2)C1. The quantitative estimate of drug-likeness (QED) is 0.538. The van der Waals surface area contributed by atoms with Gasteiger partial charge in [-0.3, -0.25) is 4.99 Å². The molecular weight excluding hydrogens is 348 g/mol. The highest BCUT2D eigenvalue weighted by molar-refractivity contribution is 6.30. The number of hydrogen-bond acceptors (Lipinski definition) is 3. The summed E-state index contributed by atoms with van der Waals surface area (Å²) in [7, 11) is 1.77. The third kappa shape index (κ3) is 5.27. The van der Waals surface area contributed by atoms with Crippen molar-refractivity contribution in [3.8, 4) is 0 Å². The first-order valence-corrected chi connectivity index (χ1v) is 10.1. The Morgan fingerprint density at radius 1 is 1.42 bits per heavy atom. The molecule has 5 nitrogen and oxygen atoms in total. The van der Waals surface area contributed by atoms with Crippen LogP contribution in [0.4, 0.5) is 5.69 Å². The van der Waals surface area contributed by atoms with E-state index in [9.17, 15) is 0 Å². The molecule has 0 radical (unpaired) electrons. The summed E-state index contributed by atoms with van der Waals surface area (Å²) in [6, 6.07) is 8.50. The number of benzene rings is 1. The van der Waals surface area contributed by atoms with Gasteiger partial charge in [-0.05, 0) is 56.2 Å². The topological polar surface area (TPSA) is 48.9 Å². The Balaban J connectivity index is 1.54. The number of guanidine groups is 1. The van der Waals surface area contributed by atoms with Gasteiger partial charge in [-0.2, -0.15) is 0 Å². The maximum absolute atomic E-state index is 6.13. The van der Waals surface area contributed by atoms with Gasteiger partial charge >= 0.3 is 0 Å². The van der Waals surface area contributed by atoms with Crippen molar-refractivity contribution in [1.82, 2.24) is 10.6 Å². The molecule has 1 heterocycles. The van der Waals surface area contributed by atoms with Gasteiger partial charge in [0.2, 0.25) is 0 Å². The number of nitrogens with zero attached hydrogens (tertiary/aromatic N) is 2. The molecule has 1 aliphatic carbocycles. The van der Waals surface area contributed by atoms with Crippen molar-refractivity contribution >= 4 is 23.2 Å². The van der Waals surface area contributed by atoms with E-state index >= 15 is 0 Å². The fourth-order valence-corrected chi connectivity index (χ4v) is 3.71. The Hall–Kier alpha value is -1.46. The lowest BCUT2D eigenvalue weighted by Gasteiger charge is -2.21. The number of rotatable bonds is 8. The minimum atomic E-state index is 0.376. The average Bonchev–Trinajstić information content (AvgIpc) is 3.26.